The van der Waals surface area contributed by atoms with Crippen molar-refractivity contribution in [3.8, 4) is 0 Å². The van der Waals surface area contributed by atoms with Gasteiger partial charge in [-0.3, -0.25) is 4.90 Å². The molecule has 5 atom stereocenters. The molecule has 2 heterocycles. The summed E-state index contributed by atoms with van der Waals surface area (Å²) in [6.07, 6.45) is 6.35. The highest BCUT2D eigenvalue weighted by atomic mass is 79.9. The summed E-state index contributed by atoms with van der Waals surface area (Å²) in [5, 5.41) is 0.909. The fraction of sp³-hybridized carbons (Fsp3) is 0.824. The number of carbonyl (C=O) groups is 1. The third kappa shape index (κ3) is 2.91. The Bertz CT molecular complexity index is 516. The molecule has 0 spiro atoms. The summed E-state index contributed by atoms with van der Waals surface area (Å²) in [7, 11) is -1.81. The number of alkyl halides is 1. The lowest BCUT2D eigenvalue weighted by atomic mass is 9.86. The minimum Gasteiger partial charge on any atom is -0.443 e. The van der Waals surface area contributed by atoms with Gasteiger partial charge in [-0.2, -0.15) is 0 Å². The number of ether oxygens (including phenoxy) is 1. The van der Waals surface area contributed by atoms with Crippen LogP contribution < -0.4 is 0 Å². The lowest BCUT2D eigenvalue weighted by Gasteiger charge is -2.42. The maximum atomic E-state index is 12.2. The van der Waals surface area contributed by atoms with E-state index in [9.17, 15) is 4.79 Å². The molecule has 2 aliphatic heterocycles. The van der Waals surface area contributed by atoms with Gasteiger partial charge >= 0.3 is 6.09 Å². The molecule has 2 fully saturated rings. The average molecular weight is 402 g/mol. The van der Waals surface area contributed by atoms with E-state index in [1.807, 2.05) is 4.90 Å². The first-order chi connectivity index (χ1) is 10.7. The molecule has 1 amide bonds. The smallest absolute Gasteiger partial charge is 0.411 e. The highest BCUT2D eigenvalue weighted by Gasteiger charge is 2.55. The molecule has 0 saturated carbocycles. The lowest BCUT2D eigenvalue weighted by molar-refractivity contribution is 0.0860. The van der Waals surface area contributed by atoms with E-state index in [1.54, 1.807) is 0 Å². The van der Waals surface area contributed by atoms with Crippen LogP contribution in [0.5, 0.6) is 0 Å². The lowest BCUT2D eigenvalue weighted by Crippen LogP contribution is -2.48. The van der Waals surface area contributed by atoms with Crippen LogP contribution in [0.15, 0.2) is 12.2 Å². The Morgan fingerprint density at radius 2 is 2.13 bits per heavy atom. The van der Waals surface area contributed by atoms with Gasteiger partial charge in [-0.1, -0.05) is 48.9 Å². The van der Waals surface area contributed by atoms with Crippen LogP contribution in [0.3, 0.4) is 0 Å². The van der Waals surface area contributed by atoms with E-state index < -0.39 is 8.32 Å². The third-order valence-corrected chi connectivity index (χ3v) is 11.2. The van der Waals surface area contributed by atoms with E-state index in [2.05, 4.69) is 61.9 Å². The van der Waals surface area contributed by atoms with Gasteiger partial charge in [-0.15, -0.1) is 0 Å². The number of rotatable bonds is 3. The van der Waals surface area contributed by atoms with Crippen LogP contribution in [0.1, 0.15) is 33.6 Å². The Morgan fingerprint density at radius 1 is 1.43 bits per heavy atom. The zero-order valence-corrected chi connectivity index (χ0v) is 17.3. The van der Waals surface area contributed by atoms with E-state index in [4.69, 9.17) is 9.16 Å². The second-order valence-corrected chi connectivity index (χ2v) is 13.9. The van der Waals surface area contributed by atoms with Crippen LogP contribution >= 0.6 is 15.9 Å². The molecular weight excluding hydrogens is 374 g/mol. The summed E-state index contributed by atoms with van der Waals surface area (Å²) in [5.41, 5.74) is 0. The van der Waals surface area contributed by atoms with E-state index in [-0.39, 0.29) is 35.4 Å². The predicted molar refractivity (Wildman–Crippen MR) is 97.4 cm³/mol. The van der Waals surface area contributed by atoms with Gasteiger partial charge in [0, 0.05) is 11.2 Å². The molecule has 0 aromatic carbocycles. The number of cyclic esters (lactones) is 1. The summed E-state index contributed by atoms with van der Waals surface area (Å²) in [5.74, 6) is 0.397. The molecular formula is C17H28BrNO3Si. The Hall–Kier alpha value is -0.333. The van der Waals surface area contributed by atoms with Gasteiger partial charge in [0.1, 0.15) is 6.10 Å². The molecule has 0 N–H and O–H groups in total. The highest BCUT2D eigenvalue weighted by Crippen LogP contribution is 2.46. The molecule has 0 radical (unpaired) electrons. The summed E-state index contributed by atoms with van der Waals surface area (Å²) in [6, 6.07) is 0.324. The van der Waals surface area contributed by atoms with Gasteiger partial charge in [-0.05, 0) is 31.0 Å². The Labute approximate surface area is 148 Å². The van der Waals surface area contributed by atoms with E-state index in [1.165, 1.54) is 0 Å². The third-order valence-electron chi connectivity index (χ3n) is 6.11. The van der Waals surface area contributed by atoms with Crippen LogP contribution in [0.2, 0.25) is 18.1 Å². The number of carbonyl (C=O) groups excluding carboxylic acids is 1. The summed E-state index contributed by atoms with van der Waals surface area (Å²) in [4.78, 5) is 14.2. The number of amides is 1. The van der Waals surface area contributed by atoms with Crippen LogP contribution in [0.4, 0.5) is 4.79 Å². The second-order valence-electron chi connectivity index (χ2n) is 8.52. The van der Waals surface area contributed by atoms with Crippen molar-refractivity contribution in [3.63, 3.8) is 0 Å². The van der Waals surface area contributed by atoms with Crippen molar-refractivity contribution >= 4 is 30.3 Å². The van der Waals surface area contributed by atoms with Crippen molar-refractivity contribution in [2.45, 2.75) is 76.0 Å². The fourth-order valence-corrected chi connectivity index (χ4v) is 5.72. The Kier molecular flexibility index (Phi) is 4.47. The second kappa shape index (κ2) is 5.88. The molecule has 1 aliphatic carbocycles. The maximum absolute atomic E-state index is 12.2. The zero-order valence-electron chi connectivity index (χ0n) is 14.7. The summed E-state index contributed by atoms with van der Waals surface area (Å²) >= 11 is 3.48. The van der Waals surface area contributed by atoms with Crippen LogP contribution in [-0.4, -0.2) is 48.9 Å². The Balaban J connectivity index is 1.80. The number of hydrogen-bond donors (Lipinski definition) is 0. The first kappa shape index (κ1) is 17.5. The minimum absolute atomic E-state index is 0.0324. The van der Waals surface area contributed by atoms with Crippen molar-refractivity contribution in [1.29, 1.82) is 0 Å². The van der Waals surface area contributed by atoms with Crippen LogP contribution in [0.25, 0.3) is 0 Å². The predicted octanol–water partition coefficient (Wildman–Crippen LogP) is 4.31. The van der Waals surface area contributed by atoms with Gasteiger partial charge in [0.25, 0.3) is 0 Å². The van der Waals surface area contributed by atoms with Crippen molar-refractivity contribution in [2.24, 2.45) is 5.92 Å². The molecule has 3 rings (SSSR count). The van der Waals surface area contributed by atoms with E-state index in [0.29, 0.717) is 11.2 Å². The zero-order chi connectivity index (χ0) is 17.0. The first-order valence-electron chi connectivity index (χ1n) is 8.55. The van der Waals surface area contributed by atoms with Gasteiger partial charge in [0.15, 0.2) is 8.32 Å². The quantitative estimate of drug-likeness (QED) is 0.401. The van der Waals surface area contributed by atoms with Crippen molar-refractivity contribution in [2.75, 3.05) is 5.33 Å². The number of nitrogens with zero attached hydrogens (tertiary/aromatic N) is 1. The van der Waals surface area contributed by atoms with Crippen molar-refractivity contribution in [3.05, 3.63) is 12.2 Å². The van der Waals surface area contributed by atoms with Gasteiger partial charge in [0.2, 0.25) is 0 Å². The minimum atomic E-state index is -1.81. The molecule has 4 nitrogen and oxygen atoms in total. The molecule has 2 saturated heterocycles. The molecule has 0 aromatic heterocycles. The molecule has 1 unspecified atom stereocenters. The largest absolute Gasteiger partial charge is 0.443 e. The van der Waals surface area contributed by atoms with Crippen molar-refractivity contribution in [1.82, 2.24) is 4.90 Å². The van der Waals surface area contributed by atoms with Crippen molar-refractivity contribution < 1.29 is 14.0 Å². The number of hydrogen-bond acceptors (Lipinski definition) is 3. The highest BCUT2D eigenvalue weighted by molar-refractivity contribution is 9.09. The van der Waals surface area contributed by atoms with Crippen LogP contribution in [-0.2, 0) is 9.16 Å². The molecule has 6 heteroatoms. The standard InChI is InChI=1S/C17H28BrNO3Si/c1-17(2,3)23(4,5)22-14-8-6-7-12-11(14)9-13-15(10-18)21-16(20)19(12)13/h6-7,11-15H,8-10H2,1-5H3/t11-,12-,13-,14+,15?/m0/s1. The SMILES string of the molecule is CC(C)(C)[Si](C)(C)O[C@@H]1CC=C[C@H]2[C@@H]1C[C@H]1C(CBr)OC(=O)N12. The van der Waals surface area contributed by atoms with E-state index in [0.717, 1.165) is 12.8 Å². The van der Waals surface area contributed by atoms with E-state index >= 15 is 0 Å². The maximum Gasteiger partial charge on any atom is 0.411 e. The van der Waals surface area contributed by atoms with Gasteiger partial charge in [-0.25, -0.2) is 4.79 Å². The summed E-state index contributed by atoms with van der Waals surface area (Å²) in [6.45, 7) is 11.5. The normalized spacial score (nSPS) is 36.9. The molecule has 130 valence electrons. The molecule has 0 bridgehead atoms. The topological polar surface area (TPSA) is 38.8 Å². The molecule has 0 aromatic rings. The first-order valence-corrected chi connectivity index (χ1v) is 12.6. The summed E-state index contributed by atoms with van der Waals surface area (Å²) < 4.78 is 12.2. The number of halogens is 1. The fourth-order valence-electron chi connectivity index (χ4n) is 3.78. The monoisotopic (exact) mass is 401 g/mol. The van der Waals surface area contributed by atoms with Gasteiger partial charge in [0.05, 0.1) is 18.2 Å². The number of fused-ring (bicyclic) bond motifs is 3. The molecule has 23 heavy (non-hydrogen) atoms. The van der Waals surface area contributed by atoms with Crippen LogP contribution in [0, 0.1) is 5.92 Å². The Morgan fingerprint density at radius 3 is 2.74 bits per heavy atom. The van der Waals surface area contributed by atoms with Gasteiger partial charge < -0.3 is 9.16 Å². The molecule has 3 aliphatic rings. The average Bonchev–Trinajstić information content (AvgIpc) is 2.96.